The normalized spacial score (nSPS) is 20.7. The van der Waals surface area contributed by atoms with Gasteiger partial charge in [-0.05, 0) is 63.2 Å². The van der Waals surface area contributed by atoms with Crippen molar-refractivity contribution in [1.29, 1.82) is 0 Å². The third kappa shape index (κ3) is 6.41. The largest absolute Gasteiger partial charge is 0.505 e. The van der Waals surface area contributed by atoms with E-state index in [0.717, 1.165) is 5.69 Å². The molecule has 1 aliphatic rings. The maximum atomic E-state index is 13.1. The second kappa shape index (κ2) is 12.5. The van der Waals surface area contributed by atoms with E-state index < -0.39 is 59.3 Å². The lowest BCUT2D eigenvalue weighted by Crippen LogP contribution is -2.65. The maximum absolute atomic E-state index is 13.1. The first-order valence-electron chi connectivity index (χ1n) is 13.9. The number of ether oxygens (including phenoxy) is 4. The van der Waals surface area contributed by atoms with Gasteiger partial charge in [-0.3, -0.25) is 4.79 Å². The summed E-state index contributed by atoms with van der Waals surface area (Å²) in [5.41, 5.74) is 4.66. The zero-order chi connectivity index (χ0) is 32.5. The zero-order valence-corrected chi connectivity index (χ0v) is 24.9. The van der Waals surface area contributed by atoms with E-state index in [1.807, 2.05) is 30.3 Å². The molecule has 13 heteroatoms. The summed E-state index contributed by atoms with van der Waals surface area (Å²) in [6.45, 7) is 4.90. The van der Waals surface area contributed by atoms with Gasteiger partial charge in [0, 0.05) is 29.6 Å². The number of aryl methyl sites for hydroxylation is 1. The maximum Gasteiger partial charge on any atom is 0.404 e. The summed E-state index contributed by atoms with van der Waals surface area (Å²) in [5, 5.41) is 27.7. The molecule has 4 atom stereocenters. The molecule has 1 fully saturated rings. The number of aliphatic hydroxyl groups is 1. The number of aliphatic hydroxyl groups excluding tert-OH is 1. The van der Waals surface area contributed by atoms with Crippen molar-refractivity contribution >= 4 is 40.0 Å². The minimum absolute atomic E-state index is 0.0219. The summed E-state index contributed by atoms with van der Waals surface area (Å²) in [7, 11) is 1.38. The molecular formula is C32H33N3O10. The summed E-state index contributed by atoms with van der Waals surface area (Å²) in [4.78, 5) is 37.6. The van der Waals surface area contributed by atoms with E-state index in [-0.39, 0.29) is 27.8 Å². The fourth-order valence-electron chi connectivity index (χ4n) is 5.28. The molecule has 0 aliphatic carbocycles. The molecule has 2 heterocycles. The molecule has 1 aromatic heterocycles. The molecule has 0 unspecified atom stereocenters. The average molecular weight is 620 g/mol. The number of hydrogen-bond donors (Lipinski definition) is 5. The average Bonchev–Trinajstić information content (AvgIpc) is 2.99. The standard InChI is InChI=1S/C32H33N3O10/c1-16-21(42-30-24(37)26(44-31(33)40)27(41-4)32(2,3)45-30)14-13-20-23(36)22(29(39)43-25(16)20)35-28(38)17-9-8-12-19(15-17)34-18-10-6-5-7-11-18/h5-15,24,26-27,30,34,36-37H,1-4H3,(H2,33,40)(H,35,38)/t24-,26+,27-,30-/m1/s1. The molecule has 45 heavy (non-hydrogen) atoms. The predicted molar refractivity (Wildman–Crippen MR) is 164 cm³/mol. The molecule has 236 valence electrons. The van der Waals surface area contributed by atoms with Crippen LogP contribution in [0.2, 0.25) is 0 Å². The summed E-state index contributed by atoms with van der Waals surface area (Å²) in [6, 6.07) is 18.9. The SMILES string of the molecule is CO[C@@H]1[C@@H](OC(N)=O)[C@@H](O)[C@H](Oc2ccc3c(O)c(NC(=O)c4cccc(Nc5ccccc5)c4)c(=O)oc3c2C)OC1(C)C. The first-order chi connectivity index (χ1) is 21.4. The lowest BCUT2D eigenvalue weighted by Gasteiger charge is -2.47. The second-order valence-corrected chi connectivity index (χ2v) is 11.0. The number of nitrogens with two attached hydrogens (primary N) is 1. The van der Waals surface area contributed by atoms with Crippen molar-refractivity contribution in [2.24, 2.45) is 5.73 Å². The monoisotopic (exact) mass is 619 g/mol. The molecule has 2 amide bonds. The van der Waals surface area contributed by atoms with Crippen LogP contribution in [-0.2, 0) is 14.2 Å². The van der Waals surface area contributed by atoms with Gasteiger partial charge in [0.2, 0.25) is 6.29 Å². The number of nitrogens with one attached hydrogen (secondary N) is 2. The minimum atomic E-state index is -1.51. The molecule has 3 aromatic carbocycles. The Morgan fingerprint density at radius 1 is 1.02 bits per heavy atom. The van der Waals surface area contributed by atoms with E-state index in [0.29, 0.717) is 5.69 Å². The van der Waals surface area contributed by atoms with Crippen LogP contribution in [0.5, 0.6) is 11.5 Å². The number of hydrogen-bond acceptors (Lipinski definition) is 11. The smallest absolute Gasteiger partial charge is 0.404 e. The van der Waals surface area contributed by atoms with Crippen LogP contribution < -0.4 is 26.7 Å². The van der Waals surface area contributed by atoms with Gasteiger partial charge >= 0.3 is 11.7 Å². The van der Waals surface area contributed by atoms with Crippen molar-refractivity contribution < 1.29 is 43.2 Å². The highest BCUT2D eigenvalue weighted by Gasteiger charge is 2.53. The van der Waals surface area contributed by atoms with Crippen molar-refractivity contribution in [3.8, 4) is 11.5 Å². The van der Waals surface area contributed by atoms with Gasteiger partial charge in [0.05, 0.1) is 11.0 Å². The molecule has 5 rings (SSSR count). The summed E-state index contributed by atoms with van der Waals surface area (Å²) >= 11 is 0. The zero-order valence-electron chi connectivity index (χ0n) is 24.9. The molecule has 0 saturated carbocycles. The van der Waals surface area contributed by atoms with Gasteiger partial charge in [-0.15, -0.1) is 0 Å². The number of methoxy groups -OCH3 is 1. The fraction of sp³-hybridized carbons (Fsp3) is 0.281. The van der Waals surface area contributed by atoms with Gasteiger partial charge < -0.3 is 49.9 Å². The molecule has 13 nitrogen and oxygen atoms in total. The van der Waals surface area contributed by atoms with Crippen LogP contribution in [0.15, 0.2) is 75.9 Å². The van der Waals surface area contributed by atoms with Crippen molar-refractivity contribution in [3.63, 3.8) is 0 Å². The van der Waals surface area contributed by atoms with E-state index in [9.17, 15) is 24.6 Å². The van der Waals surface area contributed by atoms with E-state index in [1.165, 1.54) is 19.2 Å². The first-order valence-corrected chi connectivity index (χ1v) is 13.9. The number of amides is 2. The van der Waals surface area contributed by atoms with Crippen LogP contribution in [0.1, 0.15) is 29.8 Å². The third-order valence-electron chi connectivity index (χ3n) is 7.44. The Balaban J connectivity index is 1.39. The Morgan fingerprint density at radius 2 is 1.73 bits per heavy atom. The number of anilines is 3. The van der Waals surface area contributed by atoms with Crippen LogP contribution in [0, 0.1) is 6.92 Å². The number of aromatic hydroxyl groups is 1. The summed E-state index contributed by atoms with van der Waals surface area (Å²) in [5.74, 6) is -1.01. The quantitative estimate of drug-likeness (QED) is 0.178. The Labute approximate surface area is 257 Å². The Kier molecular flexibility index (Phi) is 8.68. The third-order valence-corrected chi connectivity index (χ3v) is 7.44. The van der Waals surface area contributed by atoms with Gasteiger partial charge in [-0.1, -0.05) is 24.3 Å². The number of fused-ring (bicyclic) bond motifs is 1. The molecule has 0 spiro atoms. The topological polar surface area (TPSA) is 192 Å². The lowest BCUT2D eigenvalue weighted by atomic mass is 9.89. The van der Waals surface area contributed by atoms with Crippen LogP contribution in [-0.4, -0.2) is 59.5 Å². The number of primary amides is 1. The highest BCUT2D eigenvalue weighted by atomic mass is 16.7. The molecule has 0 bridgehead atoms. The molecule has 1 aliphatic heterocycles. The minimum Gasteiger partial charge on any atom is -0.505 e. The van der Waals surface area contributed by atoms with E-state index in [4.69, 9.17) is 29.1 Å². The number of carbonyl (C=O) groups is 2. The number of para-hydroxylation sites is 1. The highest BCUT2D eigenvalue weighted by molar-refractivity contribution is 6.07. The van der Waals surface area contributed by atoms with Gasteiger partial charge in [0.1, 0.15) is 17.4 Å². The molecule has 0 radical (unpaired) electrons. The van der Waals surface area contributed by atoms with Gasteiger partial charge in [0.15, 0.2) is 23.6 Å². The van der Waals surface area contributed by atoms with Crippen LogP contribution in [0.4, 0.5) is 21.9 Å². The van der Waals surface area contributed by atoms with E-state index in [2.05, 4.69) is 10.6 Å². The Hall–Kier alpha value is -5.11. The molecule has 6 N–H and O–H groups in total. The number of carbonyl (C=O) groups excluding carboxylic acids is 2. The van der Waals surface area contributed by atoms with Crippen LogP contribution in [0.25, 0.3) is 11.0 Å². The van der Waals surface area contributed by atoms with Crippen molar-refractivity contribution in [2.75, 3.05) is 17.7 Å². The van der Waals surface area contributed by atoms with Gasteiger partial charge in [-0.2, -0.15) is 0 Å². The van der Waals surface area contributed by atoms with Crippen molar-refractivity contribution in [1.82, 2.24) is 0 Å². The van der Waals surface area contributed by atoms with Crippen LogP contribution >= 0.6 is 0 Å². The Bertz CT molecular complexity index is 1790. The summed E-state index contributed by atoms with van der Waals surface area (Å²) in [6.07, 6.45) is -6.06. The second-order valence-electron chi connectivity index (χ2n) is 11.0. The molecule has 1 saturated heterocycles. The first kappa shape index (κ1) is 31.3. The predicted octanol–water partition coefficient (Wildman–Crippen LogP) is 4.16. The van der Waals surface area contributed by atoms with Gasteiger partial charge in [0.25, 0.3) is 5.91 Å². The van der Waals surface area contributed by atoms with E-state index >= 15 is 0 Å². The van der Waals surface area contributed by atoms with Crippen molar-refractivity contribution in [2.45, 2.75) is 51.0 Å². The lowest BCUT2D eigenvalue weighted by molar-refractivity contribution is -0.304. The van der Waals surface area contributed by atoms with E-state index in [1.54, 1.807) is 45.0 Å². The van der Waals surface area contributed by atoms with Gasteiger partial charge in [-0.25, -0.2) is 9.59 Å². The molecular weight excluding hydrogens is 586 g/mol. The van der Waals surface area contributed by atoms with Crippen molar-refractivity contribution in [3.05, 3.63) is 88.3 Å². The summed E-state index contributed by atoms with van der Waals surface area (Å²) < 4.78 is 27.9. The number of rotatable bonds is 8. The number of benzene rings is 3. The van der Waals surface area contributed by atoms with Crippen LogP contribution in [0.3, 0.4) is 0 Å². The molecule has 4 aromatic rings. The fourth-order valence-corrected chi connectivity index (χ4v) is 5.28. The highest BCUT2D eigenvalue weighted by Crippen LogP contribution is 2.38. The Morgan fingerprint density at radius 3 is 2.42 bits per heavy atom.